The molecule has 6 nitrogen and oxygen atoms in total. The molecule has 24 heavy (non-hydrogen) atoms. The maximum Gasteiger partial charge on any atom is 0.191 e. The third kappa shape index (κ3) is 4.20. The minimum Gasteiger partial charge on any atom is -0.357 e. The molecule has 0 fully saturated rings. The van der Waals surface area contributed by atoms with E-state index in [9.17, 15) is 0 Å². The lowest BCUT2D eigenvalue weighted by Gasteiger charge is -2.10. The van der Waals surface area contributed by atoms with E-state index in [1.807, 2.05) is 41.0 Å². The van der Waals surface area contributed by atoms with Crippen molar-refractivity contribution in [3.8, 4) is 5.69 Å². The number of thiophene rings is 1. The second-order valence-corrected chi connectivity index (χ2v) is 6.11. The van der Waals surface area contributed by atoms with Gasteiger partial charge in [0.25, 0.3) is 0 Å². The minimum atomic E-state index is 0.453. The van der Waals surface area contributed by atoms with Crippen LogP contribution < -0.4 is 10.6 Å². The number of rotatable bonds is 6. The number of benzene rings is 1. The Labute approximate surface area is 145 Å². The van der Waals surface area contributed by atoms with Crippen LogP contribution in [0.5, 0.6) is 0 Å². The highest BCUT2D eigenvalue weighted by Crippen LogP contribution is 2.10. The number of nitrogens with one attached hydrogen (secondary N) is 2. The summed E-state index contributed by atoms with van der Waals surface area (Å²) < 4.78 is 1.95. The van der Waals surface area contributed by atoms with Crippen LogP contribution in [0.4, 0.5) is 0 Å². The van der Waals surface area contributed by atoms with E-state index in [1.165, 1.54) is 4.88 Å². The van der Waals surface area contributed by atoms with E-state index in [0.717, 1.165) is 30.6 Å². The SMILES string of the molecule is CCNC(=NCc1nncn1-c1ccccc1)NCc1cccs1. The van der Waals surface area contributed by atoms with Crippen LogP contribution >= 0.6 is 11.3 Å². The monoisotopic (exact) mass is 340 g/mol. The molecule has 0 aliphatic heterocycles. The molecule has 1 aromatic carbocycles. The third-order valence-electron chi connectivity index (χ3n) is 3.39. The van der Waals surface area contributed by atoms with Gasteiger partial charge in [0.1, 0.15) is 12.9 Å². The van der Waals surface area contributed by atoms with Crippen molar-refractivity contribution in [2.24, 2.45) is 4.99 Å². The lowest BCUT2D eigenvalue weighted by atomic mass is 10.3. The normalized spacial score (nSPS) is 11.5. The summed E-state index contributed by atoms with van der Waals surface area (Å²) in [6.45, 7) is 4.07. The molecule has 0 unspecified atom stereocenters. The van der Waals surface area contributed by atoms with Crippen LogP contribution in [-0.2, 0) is 13.1 Å². The summed E-state index contributed by atoms with van der Waals surface area (Å²) in [4.78, 5) is 5.89. The number of hydrogen-bond acceptors (Lipinski definition) is 4. The van der Waals surface area contributed by atoms with Gasteiger partial charge in [-0.15, -0.1) is 21.5 Å². The number of para-hydroxylation sites is 1. The molecule has 0 radical (unpaired) electrons. The van der Waals surface area contributed by atoms with E-state index in [1.54, 1.807) is 17.7 Å². The summed E-state index contributed by atoms with van der Waals surface area (Å²) in [5, 5.41) is 16.9. The molecule has 0 aliphatic carbocycles. The van der Waals surface area contributed by atoms with Crippen molar-refractivity contribution < 1.29 is 0 Å². The van der Waals surface area contributed by atoms with E-state index in [4.69, 9.17) is 0 Å². The van der Waals surface area contributed by atoms with Gasteiger partial charge in [0.15, 0.2) is 11.8 Å². The Morgan fingerprint density at radius 3 is 2.79 bits per heavy atom. The quantitative estimate of drug-likeness (QED) is 0.535. The number of aromatic nitrogens is 3. The summed E-state index contributed by atoms with van der Waals surface area (Å²) in [6, 6.07) is 14.2. The standard InChI is InChI=1S/C17H20N6S/c1-2-18-17(19-11-15-9-6-10-24-15)20-12-16-22-21-13-23(16)14-7-4-3-5-8-14/h3-10,13H,2,11-12H2,1H3,(H2,18,19,20). The highest BCUT2D eigenvalue weighted by Gasteiger charge is 2.06. The molecule has 3 rings (SSSR count). The number of nitrogens with zero attached hydrogens (tertiary/aromatic N) is 4. The van der Waals surface area contributed by atoms with Crippen LogP contribution in [0.1, 0.15) is 17.6 Å². The van der Waals surface area contributed by atoms with Gasteiger partial charge in [-0.3, -0.25) is 4.57 Å². The van der Waals surface area contributed by atoms with E-state index in [-0.39, 0.29) is 0 Å². The van der Waals surface area contributed by atoms with Gasteiger partial charge in [0.05, 0.1) is 6.54 Å². The molecule has 0 spiro atoms. The zero-order valence-corrected chi connectivity index (χ0v) is 14.3. The van der Waals surface area contributed by atoms with Crippen LogP contribution in [0.3, 0.4) is 0 Å². The van der Waals surface area contributed by atoms with Gasteiger partial charge in [0, 0.05) is 17.1 Å². The van der Waals surface area contributed by atoms with Gasteiger partial charge in [0.2, 0.25) is 0 Å². The van der Waals surface area contributed by atoms with Crippen molar-refractivity contribution in [2.75, 3.05) is 6.54 Å². The molecule has 2 heterocycles. The first-order valence-corrected chi connectivity index (χ1v) is 8.73. The summed E-state index contributed by atoms with van der Waals surface area (Å²) >= 11 is 1.73. The average Bonchev–Trinajstić information content (AvgIpc) is 3.29. The Kier molecular flexibility index (Phi) is 5.57. The van der Waals surface area contributed by atoms with Crippen molar-refractivity contribution in [1.82, 2.24) is 25.4 Å². The summed E-state index contributed by atoms with van der Waals surface area (Å²) in [5.74, 6) is 1.57. The molecule has 0 amide bonds. The molecule has 124 valence electrons. The van der Waals surface area contributed by atoms with Gasteiger partial charge >= 0.3 is 0 Å². The van der Waals surface area contributed by atoms with Crippen molar-refractivity contribution >= 4 is 17.3 Å². The molecule has 3 aromatic rings. The first-order chi connectivity index (χ1) is 11.9. The van der Waals surface area contributed by atoms with Crippen molar-refractivity contribution in [2.45, 2.75) is 20.0 Å². The highest BCUT2D eigenvalue weighted by molar-refractivity contribution is 7.09. The summed E-state index contributed by atoms with van der Waals surface area (Å²) in [6.07, 6.45) is 1.71. The Hall–Kier alpha value is -2.67. The van der Waals surface area contributed by atoms with Crippen LogP contribution in [0.15, 0.2) is 59.2 Å². The number of aliphatic imine (C=N–C) groups is 1. The zero-order valence-electron chi connectivity index (χ0n) is 13.5. The van der Waals surface area contributed by atoms with Gasteiger partial charge in [-0.05, 0) is 30.5 Å². The molecular formula is C17H20N6S. The Morgan fingerprint density at radius 2 is 2.04 bits per heavy atom. The molecule has 2 N–H and O–H groups in total. The fourth-order valence-electron chi connectivity index (χ4n) is 2.25. The molecule has 0 atom stereocenters. The maximum atomic E-state index is 4.62. The predicted octanol–water partition coefficient (Wildman–Crippen LogP) is 2.58. The summed E-state index contributed by atoms with van der Waals surface area (Å²) in [5.41, 5.74) is 1.03. The second-order valence-electron chi connectivity index (χ2n) is 5.08. The van der Waals surface area contributed by atoms with Crippen LogP contribution in [0, 0.1) is 0 Å². The lowest BCUT2D eigenvalue weighted by molar-refractivity contribution is 0.798. The zero-order chi connectivity index (χ0) is 16.6. The van der Waals surface area contributed by atoms with Gasteiger partial charge < -0.3 is 10.6 Å². The van der Waals surface area contributed by atoms with Gasteiger partial charge in [-0.2, -0.15) is 0 Å². The first-order valence-electron chi connectivity index (χ1n) is 7.85. The minimum absolute atomic E-state index is 0.453. The maximum absolute atomic E-state index is 4.62. The Balaban J connectivity index is 1.69. The second kappa shape index (κ2) is 8.26. The fourth-order valence-corrected chi connectivity index (χ4v) is 2.89. The molecule has 0 saturated carbocycles. The van der Waals surface area contributed by atoms with E-state index < -0.39 is 0 Å². The summed E-state index contributed by atoms with van der Waals surface area (Å²) in [7, 11) is 0. The average molecular weight is 340 g/mol. The van der Waals surface area contributed by atoms with E-state index >= 15 is 0 Å². The smallest absolute Gasteiger partial charge is 0.191 e. The van der Waals surface area contributed by atoms with Crippen molar-refractivity contribution in [3.05, 3.63) is 64.9 Å². The first kappa shape index (κ1) is 16.2. The topological polar surface area (TPSA) is 67.1 Å². The van der Waals surface area contributed by atoms with Gasteiger partial charge in [-0.1, -0.05) is 24.3 Å². The highest BCUT2D eigenvalue weighted by atomic mass is 32.1. The fraction of sp³-hybridized carbons (Fsp3) is 0.235. The predicted molar refractivity (Wildman–Crippen MR) is 97.3 cm³/mol. The Bertz CT molecular complexity index is 764. The molecular weight excluding hydrogens is 320 g/mol. The Morgan fingerprint density at radius 1 is 1.17 bits per heavy atom. The van der Waals surface area contributed by atoms with E-state index in [0.29, 0.717) is 6.54 Å². The number of guanidine groups is 1. The molecule has 0 aliphatic rings. The van der Waals surface area contributed by atoms with Crippen molar-refractivity contribution in [3.63, 3.8) is 0 Å². The van der Waals surface area contributed by atoms with Crippen LogP contribution in [0.25, 0.3) is 5.69 Å². The molecule has 7 heteroatoms. The lowest BCUT2D eigenvalue weighted by Crippen LogP contribution is -2.36. The molecule has 2 aromatic heterocycles. The van der Waals surface area contributed by atoms with Crippen LogP contribution in [-0.4, -0.2) is 27.3 Å². The number of hydrogen-bond donors (Lipinski definition) is 2. The third-order valence-corrected chi connectivity index (χ3v) is 4.26. The molecule has 0 saturated heterocycles. The van der Waals surface area contributed by atoms with Crippen molar-refractivity contribution in [1.29, 1.82) is 0 Å². The molecule has 0 bridgehead atoms. The van der Waals surface area contributed by atoms with E-state index in [2.05, 4.69) is 44.2 Å². The largest absolute Gasteiger partial charge is 0.357 e. The van der Waals surface area contributed by atoms with Crippen LogP contribution in [0.2, 0.25) is 0 Å². The van der Waals surface area contributed by atoms with Gasteiger partial charge in [-0.25, -0.2) is 4.99 Å².